The number of fused-ring (bicyclic) bond motifs is 1. The Kier molecular flexibility index (Phi) is 4.98. The van der Waals surface area contributed by atoms with Gasteiger partial charge in [0.05, 0.1) is 5.41 Å². The summed E-state index contributed by atoms with van der Waals surface area (Å²) in [5.74, 6) is -1.00. The van der Waals surface area contributed by atoms with Crippen LogP contribution in [-0.4, -0.2) is 64.1 Å². The van der Waals surface area contributed by atoms with Crippen molar-refractivity contribution in [2.75, 3.05) is 26.8 Å². The first kappa shape index (κ1) is 17.3. The van der Waals surface area contributed by atoms with E-state index in [1.54, 1.807) is 30.2 Å². The summed E-state index contributed by atoms with van der Waals surface area (Å²) in [7, 11) is 1.60. The average molecular weight is 346 g/mol. The molecule has 25 heavy (non-hydrogen) atoms. The Labute approximate surface area is 145 Å². The van der Waals surface area contributed by atoms with Crippen molar-refractivity contribution >= 4 is 22.9 Å². The Morgan fingerprint density at radius 1 is 1.36 bits per heavy atom. The second-order valence-corrected chi connectivity index (χ2v) is 6.54. The minimum Gasteiger partial charge on any atom is -0.481 e. The van der Waals surface area contributed by atoms with Crippen molar-refractivity contribution in [3.8, 4) is 0 Å². The second kappa shape index (κ2) is 7.18. The zero-order valence-corrected chi connectivity index (χ0v) is 14.2. The van der Waals surface area contributed by atoms with E-state index in [1.165, 1.54) is 0 Å². The van der Waals surface area contributed by atoms with Crippen molar-refractivity contribution in [2.45, 2.75) is 25.7 Å². The van der Waals surface area contributed by atoms with Crippen LogP contribution < -0.4 is 0 Å². The molecule has 2 N–H and O–H groups in total. The molecule has 8 nitrogen and oxygen atoms in total. The number of ether oxygens (including phenoxy) is 1. The van der Waals surface area contributed by atoms with Crippen molar-refractivity contribution in [2.24, 2.45) is 5.41 Å². The predicted octanol–water partition coefficient (Wildman–Crippen LogP) is 1.69. The lowest BCUT2D eigenvalue weighted by Crippen LogP contribution is -2.50. The summed E-state index contributed by atoms with van der Waals surface area (Å²) in [5, 5.41) is 20.3. The number of carbonyl (C=O) groups excluding carboxylic acids is 1. The Balaban J connectivity index is 1.78. The Bertz CT molecular complexity index is 775. The molecule has 134 valence electrons. The number of amides is 1. The van der Waals surface area contributed by atoms with Gasteiger partial charge in [0.25, 0.3) is 5.91 Å². The first-order valence-corrected chi connectivity index (χ1v) is 8.38. The minimum atomic E-state index is -0.898. The molecule has 1 fully saturated rings. The molecule has 1 amide bonds. The number of carboxylic acid groups (broad SMARTS) is 1. The van der Waals surface area contributed by atoms with Crippen LogP contribution in [0, 0.1) is 5.41 Å². The SMILES string of the molecule is COCCC[C@@]1(C(=O)O)CCCN(C(=O)c2ccc3n[nH]nc3c2)C1. The number of likely N-dealkylation sites (tertiary alicyclic amines) is 1. The van der Waals surface area contributed by atoms with Crippen LogP contribution in [0.1, 0.15) is 36.0 Å². The Morgan fingerprint density at radius 3 is 2.92 bits per heavy atom. The van der Waals surface area contributed by atoms with Gasteiger partial charge >= 0.3 is 5.97 Å². The number of hydrogen-bond donors (Lipinski definition) is 2. The zero-order valence-electron chi connectivity index (χ0n) is 14.2. The van der Waals surface area contributed by atoms with Gasteiger partial charge in [0.15, 0.2) is 0 Å². The highest BCUT2D eigenvalue weighted by Gasteiger charge is 2.43. The molecular formula is C17H22N4O4. The van der Waals surface area contributed by atoms with Gasteiger partial charge in [0.1, 0.15) is 11.0 Å². The van der Waals surface area contributed by atoms with Gasteiger partial charge in [-0.25, -0.2) is 0 Å². The van der Waals surface area contributed by atoms with Crippen molar-refractivity contribution in [3.63, 3.8) is 0 Å². The molecule has 0 bridgehead atoms. The number of nitrogens with one attached hydrogen (secondary N) is 1. The van der Waals surface area contributed by atoms with E-state index in [1.807, 2.05) is 0 Å². The van der Waals surface area contributed by atoms with Gasteiger partial charge in [-0.2, -0.15) is 15.4 Å². The van der Waals surface area contributed by atoms with Crippen molar-refractivity contribution in [1.29, 1.82) is 0 Å². The number of carboxylic acids is 1. The van der Waals surface area contributed by atoms with Crippen LogP contribution in [0.5, 0.6) is 0 Å². The fourth-order valence-electron chi connectivity index (χ4n) is 3.50. The van der Waals surface area contributed by atoms with Crippen LogP contribution >= 0.6 is 0 Å². The highest BCUT2D eigenvalue weighted by atomic mass is 16.5. The maximum Gasteiger partial charge on any atom is 0.311 e. The number of nitrogens with zero attached hydrogens (tertiary/aromatic N) is 3. The molecule has 1 saturated heterocycles. The van der Waals surface area contributed by atoms with Gasteiger partial charge in [0.2, 0.25) is 0 Å². The summed E-state index contributed by atoms with van der Waals surface area (Å²) in [4.78, 5) is 26.4. The van der Waals surface area contributed by atoms with Crippen LogP contribution in [-0.2, 0) is 9.53 Å². The molecule has 1 aliphatic rings. The smallest absolute Gasteiger partial charge is 0.311 e. The standard InChI is InChI=1S/C17H22N4O4/c1-25-9-3-7-17(16(23)24)6-2-8-21(11-17)15(22)12-4-5-13-14(10-12)19-20-18-13/h4-5,10H,2-3,6-9,11H2,1H3,(H,23,24)(H,18,19,20)/t17-/m0/s1. The lowest BCUT2D eigenvalue weighted by Gasteiger charge is -2.40. The monoisotopic (exact) mass is 346 g/mol. The molecular weight excluding hydrogens is 324 g/mol. The zero-order chi connectivity index (χ0) is 17.9. The first-order chi connectivity index (χ1) is 12.1. The van der Waals surface area contributed by atoms with E-state index in [9.17, 15) is 14.7 Å². The van der Waals surface area contributed by atoms with Crippen LogP contribution in [0.2, 0.25) is 0 Å². The van der Waals surface area contributed by atoms with E-state index in [0.717, 1.165) is 0 Å². The van der Waals surface area contributed by atoms with Gasteiger partial charge in [-0.05, 0) is 43.9 Å². The molecule has 1 aromatic carbocycles. The number of piperidine rings is 1. The molecule has 0 radical (unpaired) electrons. The number of methoxy groups -OCH3 is 1. The lowest BCUT2D eigenvalue weighted by molar-refractivity contribution is -0.152. The quantitative estimate of drug-likeness (QED) is 0.771. The summed E-state index contributed by atoms with van der Waals surface area (Å²) in [6.45, 7) is 1.31. The summed E-state index contributed by atoms with van der Waals surface area (Å²) >= 11 is 0. The number of aliphatic carboxylic acids is 1. The van der Waals surface area contributed by atoms with Crippen LogP contribution in [0.25, 0.3) is 11.0 Å². The van der Waals surface area contributed by atoms with E-state index in [4.69, 9.17) is 4.74 Å². The van der Waals surface area contributed by atoms with Crippen LogP contribution in [0.15, 0.2) is 18.2 Å². The van der Waals surface area contributed by atoms with Crippen LogP contribution in [0.4, 0.5) is 0 Å². The van der Waals surface area contributed by atoms with Gasteiger partial charge < -0.3 is 14.7 Å². The normalized spacial score (nSPS) is 20.8. The van der Waals surface area contributed by atoms with Gasteiger partial charge in [-0.1, -0.05) is 0 Å². The van der Waals surface area contributed by atoms with Crippen molar-refractivity contribution < 1.29 is 19.4 Å². The molecule has 1 aromatic heterocycles. The lowest BCUT2D eigenvalue weighted by atomic mass is 9.76. The second-order valence-electron chi connectivity index (χ2n) is 6.54. The number of rotatable bonds is 6. The molecule has 2 aromatic rings. The Morgan fingerprint density at radius 2 is 2.16 bits per heavy atom. The minimum absolute atomic E-state index is 0.165. The summed E-state index contributed by atoms with van der Waals surface area (Å²) in [6.07, 6.45) is 2.42. The number of benzene rings is 1. The predicted molar refractivity (Wildman–Crippen MR) is 90.2 cm³/mol. The molecule has 0 aliphatic carbocycles. The summed E-state index contributed by atoms with van der Waals surface area (Å²) in [6, 6.07) is 5.12. The molecule has 1 atom stereocenters. The molecule has 2 heterocycles. The van der Waals surface area contributed by atoms with Gasteiger partial charge in [-0.15, -0.1) is 0 Å². The maximum absolute atomic E-state index is 12.9. The average Bonchev–Trinajstić information content (AvgIpc) is 3.09. The molecule has 0 unspecified atom stereocenters. The third kappa shape index (κ3) is 3.48. The first-order valence-electron chi connectivity index (χ1n) is 8.38. The third-order valence-corrected chi connectivity index (χ3v) is 4.88. The molecule has 1 aliphatic heterocycles. The molecule has 0 spiro atoms. The maximum atomic E-state index is 12.9. The highest BCUT2D eigenvalue weighted by molar-refractivity contribution is 5.97. The fraction of sp³-hybridized carbons (Fsp3) is 0.529. The van der Waals surface area contributed by atoms with E-state index in [2.05, 4.69) is 15.4 Å². The summed E-state index contributed by atoms with van der Waals surface area (Å²) < 4.78 is 5.05. The topological polar surface area (TPSA) is 108 Å². The molecule has 8 heteroatoms. The highest BCUT2D eigenvalue weighted by Crippen LogP contribution is 2.35. The largest absolute Gasteiger partial charge is 0.481 e. The van der Waals surface area contributed by atoms with E-state index in [-0.39, 0.29) is 12.5 Å². The van der Waals surface area contributed by atoms with E-state index >= 15 is 0 Å². The number of aromatic amines is 1. The number of hydrogen-bond acceptors (Lipinski definition) is 5. The Hall–Kier alpha value is -2.48. The van der Waals surface area contributed by atoms with Gasteiger partial charge in [-0.3, -0.25) is 9.59 Å². The van der Waals surface area contributed by atoms with Crippen molar-refractivity contribution in [1.82, 2.24) is 20.3 Å². The van der Waals surface area contributed by atoms with Crippen molar-refractivity contribution in [3.05, 3.63) is 23.8 Å². The van der Waals surface area contributed by atoms with E-state index in [0.29, 0.717) is 55.4 Å². The fourth-order valence-corrected chi connectivity index (χ4v) is 3.50. The number of aromatic nitrogens is 3. The van der Waals surface area contributed by atoms with Crippen LogP contribution in [0.3, 0.4) is 0 Å². The molecule has 3 rings (SSSR count). The van der Waals surface area contributed by atoms with E-state index < -0.39 is 11.4 Å². The number of H-pyrrole nitrogens is 1. The summed E-state index contributed by atoms with van der Waals surface area (Å²) in [5.41, 5.74) is 0.909. The van der Waals surface area contributed by atoms with Gasteiger partial charge in [0, 0.05) is 32.4 Å². The third-order valence-electron chi connectivity index (χ3n) is 4.88. The molecule has 0 saturated carbocycles. The number of carbonyl (C=O) groups is 2.